The summed E-state index contributed by atoms with van der Waals surface area (Å²) in [6, 6.07) is 0.131. The van der Waals surface area contributed by atoms with Gasteiger partial charge in [0.25, 0.3) is 0 Å². The molecule has 132 valence electrons. The molecule has 0 fully saturated rings. The van der Waals surface area contributed by atoms with Crippen molar-refractivity contribution in [1.29, 1.82) is 0 Å². The zero-order valence-corrected chi connectivity index (χ0v) is 14.9. The molecule has 4 rings (SSSR count). The molecule has 3 aromatic rings. The van der Waals surface area contributed by atoms with Crippen LogP contribution in [0.3, 0.4) is 0 Å². The van der Waals surface area contributed by atoms with Gasteiger partial charge in [-0.25, -0.2) is 9.97 Å². The van der Waals surface area contributed by atoms with Crippen molar-refractivity contribution in [3.8, 4) is 0 Å². The van der Waals surface area contributed by atoms with Gasteiger partial charge in [-0.15, -0.1) is 0 Å². The van der Waals surface area contributed by atoms with Gasteiger partial charge < -0.3 is 9.97 Å². The number of nitrogens with one attached hydrogen (secondary N) is 2. The van der Waals surface area contributed by atoms with E-state index in [2.05, 4.69) is 43.1 Å². The molecule has 0 radical (unpaired) electrons. The summed E-state index contributed by atoms with van der Waals surface area (Å²) in [5, 5.41) is 4.36. The largest absolute Gasteiger partial charge is 0.348 e. The van der Waals surface area contributed by atoms with Crippen molar-refractivity contribution in [3.63, 3.8) is 0 Å². The van der Waals surface area contributed by atoms with Gasteiger partial charge in [0.1, 0.15) is 5.82 Å². The number of nitrogens with zero attached hydrogens (tertiary/aromatic N) is 5. The average Bonchev–Trinajstić information content (AvgIpc) is 3.34. The SMILES string of the molecule is CCCCc1ncc(CN2CCc3[nH]cnc3[C@H]2c2cnn(C)c2)[nH]1. The van der Waals surface area contributed by atoms with Crippen LogP contribution in [0.15, 0.2) is 24.9 Å². The molecule has 7 heteroatoms. The number of hydrogen-bond donors (Lipinski definition) is 2. The lowest BCUT2D eigenvalue weighted by atomic mass is 9.98. The Morgan fingerprint density at radius 2 is 2.20 bits per heavy atom. The topological polar surface area (TPSA) is 78.4 Å². The smallest absolute Gasteiger partial charge is 0.106 e. The van der Waals surface area contributed by atoms with E-state index in [1.54, 1.807) is 6.33 Å². The first-order valence-corrected chi connectivity index (χ1v) is 9.02. The van der Waals surface area contributed by atoms with Crippen molar-refractivity contribution < 1.29 is 0 Å². The molecular weight excluding hydrogens is 314 g/mol. The number of rotatable bonds is 6. The number of aryl methyl sites for hydroxylation is 2. The number of imidazole rings is 2. The highest BCUT2D eigenvalue weighted by Crippen LogP contribution is 2.33. The molecule has 4 heterocycles. The molecule has 0 bridgehead atoms. The summed E-state index contributed by atoms with van der Waals surface area (Å²) in [5.41, 5.74) is 4.70. The van der Waals surface area contributed by atoms with Gasteiger partial charge in [-0.2, -0.15) is 5.10 Å². The fraction of sp³-hybridized carbons (Fsp3) is 0.500. The molecule has 1 aliphatic heterocycles. The molecule has 25 heavy (non-hydrogen) atoms. The van der Waals surface area contributed by atoms with Crippen LogP contribution in [0, 0.1) is 0 Å². The van der Waals surface area contributed by atoms with Crippen LogP contribution < -0.4 is 0 Å². The van der Waals surface area contributed by atoms with Gasteiger partial charge in [-0.3, -0.25) is 9.58 Å². The van der Waals surface area contributed by atoms with Crippen LogP contribution in [0.25, 0.3) is 0 Å². The second kappa shape index (κ2) is 6.84. The van der Waals surface area contributed by atoms with E-state index in [0.717, 1.165) is 37.4 Å². The highest BCUT2D eigenvalue weighted by Gasteiger charge is 2.32. The summed E-state index contributed by atoms with van der Waals surface area (Å²) < 4.78 is 1.85. The van der Waals surface area contributed by atoms with Gasteiger partial charge in [0, 0.05) is 62.3 Å². The van der Waals surface area contributed by atoms with E-state index in [-0.39, 0.29) is 6.04 Å². The summed E-state index contributed by atoms with van der Waals surface area (Å²) in [6.45, 7) is 4.03. The van der Waals surface area contributed by atoms with E-state index in [1.807, 2.05) is 24.1 Å². The Balaban J connectivity index is 1.58. The molecule has 0 unspecified atom stereocenters. The molecule has 1 aliphatic rings. The number of aromatic amines is 2. The van der Waals surface area contributed by atoms with Gasteiger partial charge in [0.2, 0.25) is 0 Å². The maximum Gasteiger partial charge on any atom is 0.106 e. The minimum atomic E-state index is 0.131. The third kappa shape index (κ3) is 3.24. The van der Waals surface area contributed by atoms with Crippen LogP contribution in [0.1, 0.15) is 54.3 Å². The van der Waals surface area contributed by atoms with Crippen LogP contribution in [0.5, 0.6) is 0 Å². The van der Waals surface area contributed by atoms with Crippen molar-refractivity contribution in [2.75, 3.05) is 6.54 Å². The van der Waals surface area contributed by atoms with Crippen molar-refractivity contribution in [3.05, 3.63) is 53.4 Å². The van der Waals surface area contributed by atoms with Crippen LogP contribution in [-0.2, 0) is 26.4 Å². The van der Waals surface area contributed by atoms with E-state index in [1.165, 1.54) is 29.8 Å². The lowest BCUT2D eigenvalue weighted by Gasteiger charge is -2.34. The van der Waals surface area contributed by atoms with Crippen molar-refractivity contribution in [2.45, 2.75) is 45.2 Å². The molecule has 7 nitrogen and oxygen atoms in total. The third-order valence-corrected chi connectivity index (χ3v) is 4.89. The second-order valence-electron chi connectivity index (χ2n) is 6.80. The number of hydrogen-bond acceptors (Lipinski definition) is 4. The van der Waals surface area contributed by atoms with Gasteiger partial charge in [-0.05, 0) is 6.42 Å². The Bertz CT molecular complexity index is 828. The Labute approximate surface area is 147 Å². The van der Waals surface area contributed by atoms with Crippen LogP contribution in [-0.4, -0.2) is 41.2 Å². The first kappa shape index (κ1) is 16.1. The van der Waals surface area contributed by atoms with Crippen molar-refractivity contribution >= 4 is 0 Å². The number of fused-ring (bicyclic) bond motifs is 1. The predicted molar refractivity (Wildman–Crippen MR) is 95.0 cm³/mol. The van der Waals surface area contributed by atoms with Crippen LogP contribution >= 0.6 is 0 Å². The lowest BCUT2D eigenvalue weighted by molar-refractivity contribution is 0.198. The zero-order chi connectivity index (χ0) is 17.2. The molecule has 0 spiro atoms. The number of H-pyrrole nitrogens is 2. The van der Waals surface area contributed by atoms with Gasteiger partial charge >= 0.3 is 0 Å². The number of unbranched alkanes of at least 4 members (excludes halogenated alkanes) is 1. The highest BCUT2D eigenvalue weighted by molar-refractivity contribution is 5.30. The molecule has 1 atom stereocenters. The van der Waals surface area contributed by atoms with Gasteiger partial charge in [0.15, 0.2) is 0 Å². The monoisotopic (exact) mass is 339 g/mol. The molecule has 0 saturated carbocycles. The first-order chi connectivity index (χ1) is 12.2. The maximum absolute atomic E-state index is 4.60. The molecule has 0 saturated heterocycles. The van der Waals surface area contributed by atoms with E-state index in [4.69, 9.17) is 0 Å². The number of aromatic nitrogens is 6. The molecule has 2 N–H and O–H groups in total. The second-order valence-corrected chi connectivity index (χ2v) is 6.80. The standard InChI is InChI=1S/C18H25N7/c1-3-4-5-16-19-9-14(23-16)11-25-7-6-15-17(21-12-20-15)18(25)13-8-22-24(2)10-13/h8-10,12,18H,3-7,11H2,1-2H3,(H,19,23)(H,20,21)/t18-/m1/s1. The van der Waals surface area contributed by atoms with E-state index >= 15 is 0 Å². The highest BCUT2D eigenvalue weighted by atomic mass is 15.3. The average molecular weight is 339 g/mol. The summed E-state index contributed by atoms with van der Waals surface area (Å²) >= 11 is 0. The van der Waals surface area contributed by atoms with E-state index in [0.29, 0.717) is 0 Å². The quantitative estimate of drug-likeness (QED) is 0.723. The molecular formula is C18H25N7. The third-order valence-electron chi connectivity index (χ3n) is 4.89. The molecule has 3 aromatic heterocycles. The Morgan fingerprint density at radius 3 is 3.00 bits per heavy atom. The lowest BCUT2D eigenvalue weighted by Crippen LogP contribution is -2.35. The molecule has 0 aliphatic carbocycles. The van der Waals surface area contributed by atoms with E-state index in [9.17, 15) is 0 Å². The molecule has 0 aromatic carbocycles. The predicted octanol–water partition coefficient (Wildman–Crippen LogP) is 2.36. The normalized spacial score (nSPS) is 17.8. The minimum Gasteiger partial charge on any atom is -0.348 e. The summed E-state index contributed by atoms with van der Waals surface area (Å²) in [7, 11) is 1.96. The first-order valence-electron chi connectivity index (χ1n) is 9.02. The fourth-order valence-corrected chi connectivity index (χ4v) is 3.62. The van der Waals surface area contributed by atoms with Gasteiger partial charge in [0.05, 0.1) is 24.3 Å². The Kier molecular flexibility index (Phi) is 4.40. The summed E-state index contributed by atoms with van der Waals surface area (Å²) in [6.07, 6.45) is 12.2. The fourth-order valence-electron chi connectivity index (χ4n) is 3.62. The van der Waals surface area contributed by atoms with E-state index < -0.39 is 0 Å². The maximum atomic E-state index is 4.60. The van der Waals surface area contributed by atoms with Crippen molar-refractivity contribution in [2.24, 2.45) is 7.05 Å². The van der Waals surface area contributed by atoms with Gasteiger partial charge in [-0.1, -0.05) is 13.3 Å². The zero-order valence-electron chi connectivity index (χ0n) is 14.9. The van der Waals surface area contributed by atoms with Crippen LogP contribution in [0.2, 0.25) is 0 Å². The summed E-state index contributed by atoms with van der Waals surface area (Å²) in [5.74, 6) is 1.09. The van der Waals surface area contributed by atoms with Crippen LogP contribution in [0.4, 0.5) is 0 Å². The summed E-state index contributed by atoms with van der Waals surface area (Å²) in [4.78, 5) is 18.4. The minimum absolute atomic E-state index is 0.131. The Morgan fingerprint density at radius 1 is 1.28 bits per heavy atom. The Hall–Kier alpha value is -2.41. The molecule has 0 amide bonds. The van der Waals surface area contributed by atoms with Crippen molar-refractivity contribution in [1.82, 2.24) is 34.6 Å².